The fourth-order valence-electron chi connectivity index (χ4n) is 2.56. The molecule has 1 fully saturated rings. The van der Waals surface area contributed by atoms with Crippen molar-refractivity contribution >= 4 is 17.9 Å². The highest BCUT2D eigenvalue weighted by atomic mass is 16.4. The van der Waals surface area contributed by atoms with Crippen molar-refractivity contribution in [3.63, 3.8) is 0 Å². The van der Waals surface area contributed by atoms with Gasteiger partial charge in [0.15, 0.2) is 0 Å². The molecule has 7 heteroatoms. The van der Waals surface area contributed by atoms with E-state index in [1.807, 2.05) is 20.8 Å². The van der Waals surface area contributed by atoms with Gasteiger partial charge >= 0.3 is 12.1 Å². The number of piperazine rings is 1. The van der Waals surface area contributed by atoms with E-state index in [1.165, 1.54) is 4.90 Å². The van der Waals surface area contributed by atoms with Gasteiger partial charge in [-0.15, -0.1) is 0 Å². The SMILES string of the molecule is CC(C)(C)C1CN(C(=O)Nc2ccccn2)CCN1C(=O)O. The van der Waals surface area contributed by atoms with Gasteiger partial charge in [0.05, 0.1) is 6.04 Å². The molecule has 0 saturated carbocycles. The molecular formula is C15H22N4O3. The van der Waals surface area contributed by atoms with E-state index < -0.39 is 6.09 Å². The van der Waals surface area contributed by atoms with E-state index in [9.17, 15) is 14.7 Å². The molecule has 1 unspecified atom stereocenters. The first kappa shape index (κ1) is 16.1. The molecule has 0 radical (unpaired) electrons. The number of urea groups is 1. The third-order valence-corrected chi connectivity index (χ3v) is 3.81. The predicted octanol–water partition coefficient (Wildman–Crippen LogP) is 2.32. The van der Waals surface area contributed by atoms with Crippen molar-refractivity contribution in [3.8, 4) is 0 Å². The Morgan fingerprint density at radius 2 is 2.05 bits per heavy atom. The highest BCUT2D eigenvalue weighted by molar-refractivity contribution is 5.88. The maximum absolute atomic E-state index is 12.3. The average molecular weight is 306 g/mol. The van der Waals surface area contributed by atoms with Crippen LogP contribution in [-0.2, 0) is 0 Å². The van der Waals surface area contributed by atoms with Crippen LogP contribution >= 0.6 is 0 Å². The summed E-state index contributed by atoms with van der Waals surface area (Å²) in [5.74, 6) is 0.487. The number of nitrogens with zero attached hydrogens (tertiary/aromatic N) is 3. The molecule has 1 saturated heterocycles. The molecule has 0 aliphatic carbocycles. The number of aromatic nitrogens is 1. The maximum atomic E-state index is 12.3. The Labute approximate surface area is 129 Å². The lowest BCUT2D eigenvalue weighted by Gasteiger charge is -2.45. The van der Waals surface area contributed by atoms with Crippen molar-refractivity contribution in [3.05, 3.63) is 24.4 Å². The van der Waals surface area contributed by atoms with Crippen LogP contribution in [0.1, 0.15) is 20.8 Å². The molecule has 0 aromatic carbocycles. The number of carbonyl (C=O) groups is 2. The van der Waals surface area contributed by atoms with Crippen molar-refractivity contribution in [2.24, 2.45) is 5.41 Å². The second kappa shape index (κ2) is 6.21. The first-order chi connectivity index (χ1) is 10.3. The number of hydrogen-bond donors (Lipinski definition) is 2. The molecule has 1 aliphatic heterocycles. The second-order valence-electron chi connectivity index (χ2n) is 6.45. The molecule has 0 bridgehead atoms. The van der Waals surface area contributed by atoms with Crippen molar-refractivity contribution in [2.75, 3.05) is 25.0 Å². The number of carboxylic acid groups (broad SMARTS) is 1. The molecule has 2 rings (SSSR count). The van der Waals surface area contributed by atoms with Gasteiger partial charge in [-0.05, 0) is 17.5 Å². The largest absolute Gasteiger partial charge is 0.465 e. The van der Waals surface area contributed by atoms with Crippen molar-refractivity contribution in [2.45, 2.75) is 26.8 Å². The van der Waals surface area contributed by atoms with Crippen LogP contribution in [0.25, 0.3) is 0 Å². The fourth-order valence-corrected chi connectivity index (χ4v) is 2.56. The first-order valence-corrected chi connectivity index (χ1v) is 7.25. The standard InChI is InChI=1S/C15H22N4O3/c1-15(2,3)11-10-18(8-9-19(11)14(21)22)13(20)17-12-6-4-5-7-16-12/h4-7,11H,8-10H2,1-3H3,(H,21,22)(H,16,17,20). The van der Waals surface area contributed by atoms with Gasteiger partial charge in [0.2, 0.25) is 0 Å². The Hall–Kier alpha value is -2.31. The maximum Gasteiger partial charge on any atom is 0.407 e. The van der Waals surface area contributed by atoms with Gasteiger partial charge in [-0.2, -0.15) is 0 Å². The van der Waals surface area contributed by atoms with Crippen molar-refractivity contribution < 1.29 is 14.7 Å². The van der Waals surface area contributed by atoms with E-state index in [0.29, 0.717) is 25.5 Å². The van der Waals surface area contributed by atoms with E-state index in [2.05, 4.69) is 10.3 Å². The molecule has 7 nitrogen and oxygen atoms in total. The lowest BCUT2D eigenvalue weighted by molar-refractivity contribution is 0.0355. The number of anilines is 1. The Bertz CT molecular complexity index is 541. The van der Waals surface area contributed by atoms with E-state index in [0.717, 1.165) is 0 Å². The normalized spacial score (nSPS) is 19.0. The van der Waals surface area contributed by atoms with Gasteiger partial charge < -0.3 is 14.9 Å². The number of rotatable bonds is 1. The highest BCUT2D eigenvalue weighted by Crippen LogP contribution is 2.28. The van der Waals surface area contributed by atoms with E-state index in [1.54, 1.807) is 29.3 Å². The molecule has 2 N–H and O–H groups in total. The van der Waals surface area contributed by atoms with Gasteiger partial charge in [-0.25, -0.2) is 14.6 Å². The zero-order valence-electron chi connectivity index (χ0n) is 13.1. The van der Waals surface area contributed by atoms with Gasteiger partial charge in [0, 0.05) is 25.8 Å². The number of carbonyl (C=O) groups excluding carboxylic acids is 1. The number of nitrogens with one attached hydrogen (secondary N) is 1. The molecule has 2 heterocycles. The van der Waals surface area contributed by atoms with Crippen LogP contribution in [0, 0.1) is 5.41 Å². The Morgan fingerprint density at radius 1 is 1.32 bits per heavy atom. The molecular weight excluding hydrogens is 284 g/mol. The molecule has 22 heavy (non-hydrogen) atoms. The van der Waals surface area contributed by atoms with Gasteiger partial charge in [-0.3, -0.25) is 5.32 Å². The minimum absolute atomic E-state index is 0.242. The van der Waals surface area contributed by atoms with Crippen LogP contribution in [0.2, 0.25) is 0 Å². The van der Waals surface area contributed by atoms with Crippen LogP contribution in [0.15, 0.2) is 24.4 Å². The summed E-state index contributed by atoms with van der Waals surface area (Å²) in [5, 5.41) is 12.1. The Kier molecular flexibility index (Phi) is 4.54. The smallest absolute Gasteiger partial charge is 0.407 e. The van der Waals surface area contributed by atoms with Gasteiger partial charge in [0.25, 0.3) is 0 Å². The zero-order valence-corrected chi connectivity index (χ0v) is 13.1. The molecule has 1 aliphatic rings. The molecule has 1 aromatic heterocycles. The molecule has 0 spiro atoms. The van der Waals surface area contributed by atoms with Crippen LogP contribution in [-0.4, -0.2) is 57.7 Å². The second-order valence-corrected chi connectivity index (χ2v) is 6.45. The van der Waals surface area contributed by atoms with E-state index in [4.69, 9.17) is 0 Å². The lowest BCUT2D eigenvalue weighted by Crippen LogP contribution is -2.61. The minimum atomic E-state index is -0.940. The van der Waals surface area contributed by atoms with Crippen LogP contribution in [0.4, 0.5) is 15.4 Å². The summed E-state index contributed by atoms with van der Waals surface area (Å²) in [6.07, 6.45) is 0.667. The number of pyridine rings is 1. The summed E-state index contributed by atoms with van der Waals surface area (Å²) in [6.45, 7) is 6.99. The van der Waals surface area contributed by atoms with Crippen molar-refractivity contribution in [1.29, 1.82) is 0 Å². The lowest BCUT2D eigenvalue weighted by atomic mass is 9.84. The van der Waals surface area contributed by atoms with Gasteiger partial charge in [0.1, 0.15) is 5.82 Å². The molecule has 3 amide bonds. The highest BCUT2D eigenvalue weighted by Gasteiger charge is 2.39. The predicted molar refractivity (Wildman–Crippen MR) is 82.8 cm³/mol. The third kappa shape index (κ3) is 3.66. The van der Waals surface area contributed by atoms with Crippen LogP contribution in [0.3, 0.4) is 0 Å². The fraction of sp³-hybridized carbons (Fsp3) is 0.533. The Balaban J connectivity index is 2.07. The molecule has 1 aromatic rings. The summed E-state index contributed by atoms with van der Waals surface area (Å²) in [5.41, 5.74) is -0.248. The van der Waals surface area contributed by atoms with E-state index >= 15 is 0 Å². The van der Waals surface area contributed by atoms with E-state index in [-0.39, 0.29) is 17.5 Å². The summed E-state index contributed by atoms with van der Waals surface area (Å²) in [7, 11) is 0. The summed E-state index contributed by atoms with van der Waals surface area (Å²) in [6, 6.07) is 4.79. The third-order valence-electron chi connectivity index (χ3n) is 3.81. The van der Waals surface area contributed by atoms with Gasteiger partial charge in [-0.1, -0.05) is 26.8 Å². The topological polar surface area (TPSA) is 85.8 Å². The molecule has 1 atom stereocenters. The quantitative estimate of drug-likeness (QED) is 0.833. The van der Waals surface area contributed by atoms with Crippen molar-refractivity contribution in [1.82, 2.24) is 14.8 Å². The number of amides is 3. The monoisotopic (exact) mass is 306 g/mol. The zero-order chi connectivity index (χ0) is 16.3. The summed E-state index contributed by atoms with van der Waals surface area (Å²) < 4.78 is 0. The summed E-state index contributed by atoms with van der Waals surface area (Å²) in [4.78, 5) is 30.8. The first-order valence-electron chi connectivity index (χ1n) is 7.25. The average Bonchev–Trinajstić information content (AvgIpc) is 2.46. The number of hydrogen-bond acceptors (Lipinski definition) is 3. The Morgan fingerprint density at radius 3 is 2.59 bits per heavy atom. The van der Waals surface area contributed by atoms with Crippen LogP contribution < -0.4 is 5.32 Å². The van der Waals surface area contributed by atoms with Crippen LogP contribution in [0.5, 0.6) is 0 Å². The molecule has 120 valence electrons. The minimum Gasteiger partial charge on any atom is -0.465 e. The summed E-state index contributed by atoms with van der Waals surface area (Å²) >= 11 is 0.